The summed E-state index contributed by atoms with van der Waals surface area (Å²) in [6.45, 7) is 4.35. The molecule has 0 bridgehead atoms. The average Bonchev–Trinajstić information content (AvgIpc) is 3.07. The van der Waals surface area contributed by atoms with Crippen molar-refractivity contribution in [2.24, 2.45) is 17.4 Å². The molecule has 4 N–H and O–H groups in total. The molecule has 0 aromatic carbocycles. The van der Waals surface area contributed by atoms with E-state index in [1.807, 2.05) is 12.2 Å². The van der Waals surface area contributed by atoms with E-state index < -0.39 is 0 Å². The summed E-state index contributed by atoms with van der Waals surface area (Å²) in [7, 11) is 0. The first-order valence-corrected chi connectivity index (χ1v) is 5.54. The molecule has 1 fully saturated rings. The largest absolute Gasteiger partial charge is 0.492 e. The lowest BCUT2D eigenvalue weighted by Gasteiger charge is -2.04. The predicted molar refractivity (Wildman–Crippen MR) is 67.2 cm³/mol. The average molecular weight is 220 g/mol. The second-order valence-electron chi connectivity index (χ2n) is 3.91. The highest BCUT2D eigenvalue weighted by Gasteiger charge is 2.21. The van der Waals surface area contributed by atoms with Crippen LogP contribution in [0.4, 0.5) is 0 Å². The molecule has 1 rings (SSSR count). The van der Waals surface area contributed by atoms with Gasteiger partial charge in [-0.25, -0.2) is 0 Å². The van der Waals surface area contributed by atoms with Crippen LogP contribution in [0.25, 0.3) is 0 Å². The SMILES string of the molecule is C=C/C=C(\N)C/C=C\C(=C/N)OCC1CC1. The van der Waals surface area contributed by atoms with Crippen LogP contribution in [0.3, 0.4) is 0 Å². The van der Waals surface area contributed by atoms with Crippen molar-refractivity contribution in [1.82, 2.24) is 0 Å². The standard InChI is InChI=1S/C13H20N2O/c1-2-4-12(15)5-3-6-13(9-14)16-10-11-7-8-11/h2-4,6,9,11H,1,5,7-8,10,14-15H2/b6-3-,12-4-,13-9+. The van der Waals surface area contributed by atoms with Crippen molar-refractivity contribution in [3.63, 3.8) is 0 Å². The zero-order valence-electron chi connectivity index (χ0n) is 9.56. The Morgan fingerprint density at radius 2 is 2.19 bits per heavy atom. The summed E-state index contributed by atoms with van der Waals surface area (Å²) in [5.74, 6) is 1.44. The number of ether oxygens (including phenoxy) is 1. The molecule has 0 aromatic heterocycles. The molecule has 0 unspecified atom stereocenters. The van der Waals surface area contributed by atoms with Gasteiger partial charge in [-0.15, -0.1) is 0 Å². The summed E-state index contributed by atoms with van der Waals surface area (Å²) < 4.78 is 5.53. The summed E-state index contributed by atoms with van der Waals surface area (Å²) in [6, 6.07) is 0. The van der Waals surface area contributed by atoms with Gasteiger partial charge in [-0.1, -0.05) is 18.7 Å². The van der Waals surface area contributed by atoms with Crippen molar-refractivity contribution >= 4 is 0 Å². The van der Waals surface area contributed by atoms with Crippen molar-refractivity contribution in [3.8, 4) is 0 Å². The van der Waals surface area contributed by atoms with Crippen molar-refractivity contribution in [2.45, 2.75) is 19.3 Å². The Bertz CT molecular complexity index is 312. The molecule has 1 aliphatic carbocycles. The molecule has 0 radical (unpaired) electrons. The van der Waals surface area contributed by atoms with Gasteiger partial charge in [0, 0.05) is 18.3 Å². The maximum absolute atomic E-state index is 5.69. The monoisotopic (exact) mass is 220 g/mol. The molecule has 0 aromatic rings. The van der Waals surface area contributed by atoms with Crippen LogP contribution in [0.15, 0.2) is 48.5 Å². The minimum Gasteiger partial charge on any atom is -0.492 e. The van der Waals surface area contributed by atoms with Crippen LogP contribution in [-0.4, -0.2) is 6.61 Å². The van der Waals surface area contributed by atoms with E-state index in [9.17, 15) is 0 Å². The Hall–Kier alpha value is -1.64. The van der Waals surface area contributed by atoms with Crippen LogP contribution in [0.1, 0.15) is 19.3 Å². The molecule has 1 aliphatic rings. The first kappa shape index (κ1) is 12.4. The van der Waals surface area contributed by atoms with E-state index in [2.05, 4.69) is 6.58 Å². The van der Waals surface area contributed by atoms with Crippen molar-refractivity contribution in [1.29, 1.82) is 0 Å². The van der Waals surface area contributed by atoms with Crippen molar-refractivity contribution in [3.05, 3.63) is 48.5 Å². The fourth-order valence-electron chi connectivity index (χ4n) is 1.18. The molecule has 3 nitrogen and oxygen atoms in total. The van der Waals surface area contributed by atoms with Gasteiger partial charge in [0.1, 0.15) is 5.76 Å². The Morgan fingerprint density at radius 3 is 2.75 bits per heavy atom. The van der Waals surface area contributed by atoms with Crippen LogP contribution in [-0.2, 0) is 4.74 Å². The molecule has 3 heteroatoms. The van der Waals surface area contributed by atoms with E-state index in [0.29, 0.717) is 12.2 Å². The number of hydrogen-bond acceptors (Lipinski definition) is 3. The van der Waals surface area contributed by atoms with Gasteiger partial charge in [-0.3, -0.25) is 0 Å². The third-order valence-electron chi connectivity index (χ3n) is 2.31. The summed E-state index contributed by atoms with van der Waals surface area (Å²) >= 11 is 0. The van der Waals surface area contributed by atoms with Gasteiger partial charge >= 0.3 is 0 Å². The fraction of sp³-hybridized carbons (Fsp3) is 0.385. The highest BCUT2D eigenvalue weighted by Crippen LogP contribution is 2.29. The Kier molecular flexibility index (Phi) is 5.26. The van der Waals surface area contributed by atoms with E-state index in [1.54, 1.807) is 12.2 Å². The molecule has 0 saturated heterocycles. The second-order valence-corrected chi connectivity index (χ2v) is 3.91. The summed E-state index contributed by atoms with van der Waals surface area (Å²) in [4.78, 5) is 0. The maximum atomic E-state index is 5.69. The summed E-state index contributed by atoms with van der Waals surface area (Å²) in [6.07, 6.45) is 11.9. The summed E-state index contributed by atoms with van der Waals surface area (Å²) in [5.41, 5.74) is 11.9. The van der Waals surface area contributed by atoms with E-state index in [4.69, 9.17) is 16.2 Å². The van der Waals surface area contributed by atoms with Crippen molar-refractivity contribution in [2.75, 3.05) is 6.61 Å². The van der Waals surface area contributed by atoms with Gasteiger partial charge < -0.3 is 16.2 Å². The lowest BCUT2D eigenvalue weighted by atomic mass is 10.2. The van der Waals surface area contributed by atoms with Gasteiger partial charge in [0.05, 0.1) is 6.61 Å². The van der Waals surface area contributed by atoms with Crippen LogP contribution in [0.5, 0.6) is 0 Å². The van der Waals surface area contributed by atoms with Crippen molar-refractivity contribution < 1.29 is 4.74 Å². The second kappa shape index (κ2) is 6.77. The normalized spacial score (nSPS) is 17.8. The van der Waals surface area contributed by atoms with E-state index in [0.717, 1.165) is 18.2 Å². The molecule has 88 valence electrons. The Balaban J connectivity index is 2.28. The highest BCUT2D eigenvalue weighted by atomic mass is 16.5. The van der Waals surface area contributed by atoms with Gasteiger partial charge in [-0.2, -0.15) is 0 Å². The summed E-state index contributed by atoms with van der Waals surface area (Å²) in [5, 5.41) is 0. The first-order chi connectivity index (χ1) is 7.76. The fourth-order valence-corrected chi connectivity index (χ4v) is 1.18. The van der Waals surface area contributed by atoms with E-state index in [-0.39, 0.29) is 0 Å². The van der Waals surface area contributed by atoms with Gasteiger partial charge in [0.2, 0.25) is 0 Å². The quantitative estimate of drug-likeness (QED) is 0.510. The third kappa shape index (κ3) is 5.29. The van der Waals surface area contributed by atoms with Gasteiger partial charge in [-0.05, 0) is 30.9 Å². The molecular formula is C13H20N2O. The molecule has 0 amide bonds. The molecule has 1 saturated carbocycles. The molecular weight excluding hydrogens is 200 g/mol. The smallest absolute Gasteiger partial charge is 0.134 e. The molecule has 16 heavy (non-hydrogen) atoms. The lowest BCUT2D eigenvalue weighted by Crippen LogP contribution is -1.98. The number of nitrogens with two attached hydrogens (primary N) is 2. The minimum atomic E-state index is 0.677. The lowest BCUT2D eigenvalue weighted by molar-refractivity contribution is 0.210. The zero-order valence-corrected chi connectivity index (χ0v) is 9.56. The zero-order chi connectivity index (χ0) is 11.8. The number of allylic oxidation sites excluding steroid dienone is 4. The maximum Gasteiger partial charge on any atom is 0.134 e. The predicted octanol–water partition coefficient (Wildman–Crippen LogP) is 2.19. The van der Waals surface area contributed by atoms with Gasteiger partial charge in [0.15, 0.2) is 0 Å². The van der Waals surface area contributed by atoms with E-state index in [1.165, 1.54) is 19.0 Å². The molecule has 0 spiro atoms. The highest BCUT2D eigenvalue weighted by molar-refractivity contribution is 5.16. The van der Waals surface area contributed by atoms with Crippen LogP contribution >= 0.6 is 0 Å². The molecule has 0 atom stereocenters. The molecule has 0 heterocycles. The Morgan fingerprint density at radius 1 is 1.44 bits per heavy atom. The number of hydrogen-bond donors (Lipinski definition) is 2. The van der Waals surface area contributed by atoms with Crippen LogP contribution in [0.2, 0.25) is 0 Å². The van der Waals surface area contributed by atoms with Crippen LogP contribution < -0.4 is 11.5 Å². The van der Waals surface area contributed by atoms with Gasteiger partial charge in [0.25, 0.3) is 0 Å². The topological polar surface area (TPSA) is 61.3 Å². The molecule has 0 aliphatic heterocycles. The Labute approximate surface area is 97.1 Å². The van der Waals surface area contributed by atoms with Crippen LogP contribution in [0, 0.1) is 5.92 Å². The van der Waals surface area contributed by atoms with E-state index >= 15 is 0 Å². The minimum absolute atomic E-state index is 0.677. The first-order valence-electron chi connectivity index (χ1n) is 5.54. The number of rotatable bonds is 7. The third-order valence-corrected chi connectivity index (χ3v) is 2.31.